The topological polar surface area (TPSA) is 120 Å². The lowest BCUT2D eigenvalue weighted by molar-refractivity contribution is 0.304. The first-order valence-electron chi connectivity index (χ1n) is 22.2. The molecule has 7 aromatic carbocycles. The van der Waals surface area contributed by atoms with Gasteiger partial charge in [0.05, 0.1) is 5.56 Å². The molecule has 0 atom stereocenters. The second-order valence-corrected chi connectivity index (χ2v) is 18.8. The molecule has 0 unspecified atom stereocenters. The van der Waals surface area contributed by atoms with E-state index in [0.717, 1.165) is 55.6 Å². The molecule has 0 aliphatic rings. The largest absolute Gasteiger partial charge is 0.507 e. The van der Waals surface area contributed by atoms with Crippen LogP contribution >= 0.6 is 0 Å². The summed E-state index contributed by atoms with van der Waals surface area (Å²) < 4.78 is 18.6. The van der Waals surface area contributed by atoms with Crippen LogP contribution in [0, 0.1) is 0 Å². The van der Waals surface area contributed by atoms with Crippen molar-refractivity contribution in [1.82, 2.24) is 24.9 Å². The predicted molar refractivity (Wildman–Crippen MR) is 261 cm³/mol. The molecule has 0 saturated carbocycles. The number of benzene rings is 7. The van der Waals surface area contributed by atoms with E-state index in [1.54, 1.807) is 18.2 Å². The van der Waals surface area contributed by atoms with Gasteiger partial charge in [0.1, 0.15) is 29.1 Å². The van der Waals surface area contributed by atoms with Crippen molar-refractivity contribution < 1.29 is 18.7 Å². The number of hydrogen-bond acceptors (Lipinski definition) is 9. The van der Waals surface area contributed by atoms with Gasteiger partial charge in [-0.1, -0.05) is 133 Å². The van der Waals surface area contributed by atoms with Crippen LogP contribution in [0.2, 0.25) is 0 Å². The number of aromatic nitrogens is 5. The van der Waals surface area contributed by atoms with E-state index in [9.17, 15) is 5.11 Å². The van der Waals surface area contributed by atoms with Gasteiger partial charge in [-0.2, -0.15) is 0 Å². The summed E-state index contributed by atoms with van der Waals surface area (Å²) in [6.45, 7) is 13.7. The number of hydrogen-bond donors (Lipinski definition) is 1. The molecular formula is C57H49N5O4. The number of aromatic hydroxyl groups is 1. The third-order valence-electron chi connectivity index (χ3n) is 11.7. The fourth-order valence-corrected chi connectivity index (χ4v) is 7.89. The number of phenols is 1. The van der Waals surface area contributed by atoms with Crippen molar-refractivity contribution in [3.8, 4) is 68.6 Å². The van der Waals surface area contributed by atoms with E-state index < -0.39 is 0 Å². The number of fused-ring (bicyclic) bond motifs is 2. The quantitative estimate of drug-likeness (QED) is 0.143. The average Bonchev–Trinajstić information content (AvgIpc) is 3.95. The number of oxazole rings is 2. The van der Waals surface area contributed by atoms with Gasteiger partial charge in [-0.05, 0) is 106 Å². The number of rotatable bonds is 10. The number of phenolic OH excluding ortho intramolecular Hbond substituents is 1. The van der Waals surface area contributed by atoms with Gasteiger partial charge in [0, 0.05) is 28.3 Å². The molecule has 0 radical (unpaired) electrons. The van der Waals surface area contributed by atoms with E-state index in [4.69, 9.17) is 33.5 Å². The summed E-state index contributed by atoms with van der Waals surface area (Å²) in [5.74, 6) is 3.01. The molecule has 326 valence electrons. The molecule has 0 aliphatic heterocycles. The van der Waals surface area contributed by atoms with Crippen LogP contribution in [0.3, 0.4) is 0 Å². The molecule has 3 heterocycles. The lowest BCUT2D eigenvalue weighted by Gasteiger charge is -2.25. The summed E-state index contributed by atoms with van der Waals surface area (Å²) in [5, 5.41) is 11.4. The Bertz CT molecular complexity index is 3330. The maximum atomic E-state index is 11.4. The van der Waals surface area contributed by atoms with Gasteiger partial charge in [-0.15, -0.1) is 0 Å². The fourth-order valence-electron chi connectivity index (χ4n) is 7.89. The van der Waals surface area contributed by atoms with Crippen LogP contribution < -0.4 is 4.74 Å². The van der Waals surface area contributed by atoms with Crippen LogP contribution in [0.15, 0.2) is 167 Å². The summed E-state index contributed by atoms with van der Waals surface area (Å²) in [5.41, 5.74) is 12.7. The van der Waals surface area contributed by atoms with Crippen LogP contribution in [-0.4, -0.2) is 30.0 Å². The van der Waals surface area contributed by atoms with Crippen molar-refractivity contribution in [1.29, 1.82) is 0 Å². The zero-order valence-electron chi connectivity index (χ0n) is 37.8. The molecule has 10 rings (SSSR count). The van der Waals surface area contributed by atoms with E-state index >= 15 is 0 Å². The first kappa shape index (κ1) is 42.1. The van der Waals surface area contributed by atoms with Crippen molar-refractivity contribution in [3.05, 3.63) is 186 Å². The standard InChI is InChI=1S/C57H49N5O4/c1-56(2,3)42-30-41(31-43(32-42)57(4,5)6)55-59-46-25-19-36(28-49(46)66-55)27-35-17-21-39(22-18-35)52-60-51(38-13-9-7-10-14-38)61-53(62-52)45-24-23-44(33-48(45)63)64-34-37-20-26-47-50(29-37)65-54(58-47)40-15-11-8-12-16-40/h7-26,28-33,63H,27,34H2,1-6H3. The molecule has 10 aromatic rings. The average molecular weight is 868 g/mol. The van der Waals surface area contributed by atoms with Gasteiger partial charge in [0.2, 0.25) is 11.8 Å². The summed E-state index contributed by atoms with van der Waals surface area (Å²) >= 11 is 0. The van der Waals surface area contributed by atoms with Gasteiger partial charge in [-0.3, -0.25) is 0 Å². The lowest BCUT2D eigenvalue weighted by Crippen LogP contribution is -2.16. The third-order valence-corrected chi connectivity index (χ3v) is 11.7. The maximum Gasteiger partial charge on any atom is 0.227 e. The molecule has 0 aliphatic carbocycles. The van der Waals surface area contributed by atoms with Gasteiger partial charge in [-0.25, -0.2) is 24.9 Å². The molecule has 0 spiro atoms. The minimum Gasteiger partial charge on any atom is -0.507 e. The minimum atomic E-state index is -0.0145. The highest BCUT2D eigenvalue weighted by molar-refractivity contribution is 5.78. The van der Waals surface area contributed by atoms with Gasteiger partial charge < -0.3 is 18.7 Å². The first-order valence-corrected chi connectivity index (χ1v) is 22.2. The normalized spacial score (nSPS) is 12.0. The highest BCUT2D eigenvalue weighted by atomic mass is 16.5. The Morgan fingerprint density at radius 1 is 0.455 bits per heavy atom. The number of nitrogens with zero attached hydrogens (tertiary/aromatic N) is 5. The lowest BCUT2D eigenvalue weighted by atomic mass is 9.79. The molecule has 0 saturated heterocycles. The third kappa shape index (κ3) is 8.93. The van der Waals surface area contributed by atoms with E-state index in [2.05, 4.69) is 89.0 Å². The van der Waals surface area contributed by atoms with Crippen LogP contribution in [0.1, 0.15) is 69.4 Å². The Kier molecular flexibility index (Phi) is 10.8. The Balaban J connectivity index is 0.878. The van der Waals surface area contributed by atoms with E-state index in [1.807, 2.05) is 97.1 Å². The molecule has 0 bridgehead atoms. The van der Waals surface area contributed by atoms with Gasteiger partial charge in [0.25, 0.3) is 0 Å². The summed E-state index contributed by atoms with van der Waals surface area (Å²) in [7, 11) is 0. The molecule has 0 fully saturated rings. The Morgan fingerprint density at radius 3 is 1.56 bits per heavy atom. The van der Waals surface area contributed by atoms with Crippen LogP contribution in [0.4, 0.5) is 0 Å². The van der Waals surface area contributed by atoms with Crippen molar-refractivity contribution >= 4 is 22.2 Å². The monoisotopic (exact) mass is 867 g/mol. The molecule has 66 heavy (non-hydrogen) atoms. The molecular weight excluding hydrogens is 819 g/mol. The van der Waals surface area contributed by atoms with Crippen LogP contribution in [-0.2, 0) is 23.9 Å². The molecule has 3 aromatic heterocycles. The van der Waals surface area contributed by atoms with E-state index in [-0.39, 0.29) is 23.2 Å². The van der Waals surface area contributed by atoms with E-state index in [0.29, 0.717) is 52.6 Å². The smallest absolute Gasteiger partial charge is 0.227 e. The zero-order chi connectivity index (χ0) is 45.6. The predicted octanol–water partition coefficient (Wildman–Crippen LogP) is 14.0. The van der Waals surface area contributed by atoms with E-state index in [1.165, 1.54) is 11.1 Å². The minimum absolute atomic E-state index is 0.0128. The Labute approximate surface area is 383 Å². The highest BCUT2D eigenvalue weighted by Crippen LogP contribution is 2.37. The maximum absolute atomic E-state index is 11.4. The van der Waals surface area contributed by atoms with Crippen LogP contribution in [0.25, 0.3) is 79.3 Å². The summed E-state index contributed by atoms with van der Waals surface area (Å²) in [4.78, 5) is 24.2. The van der Waals surface area contributed by atoms with Crippen LogP contribution in [0.5, 0.6) is 11.5 Å². The second kappa shape index (κ2) is 16.9. The van der Waals surface area contributed by atoms with Crippen molar-refractivity contribution in [2.45, 2.75) is 65.4 Å². The summed E-state index contributed by atoms with van der Waals surface area (Å²) in [6, 6.07) is 51.7. The fraction of sp³-hybridized carbons (Fsp3) is 0.175. The highest BCUT2D eigenvalue weighted by Gasteiger charge is 2.23. The van der Waals surface area contributed by atoms with Crippen molar-refractivity contribution in [3.63, 3.8) is 0 Å². The van der Waals surface area contributed by atoms with Gasteiger partial charge >= 0.3 is 0 Å². The zero-order valence-corrected chi connectivity index (χ0v) is 37.8. The SMILES string of the molecule is CC(C)(C)c1cc(-c2nc3ccc(Cc4ccc(-c5nc(-c6ccccc6)nc(-c6ccc(OCc7ccc8nc(-c9ccccc9)oc8c7)cc6O)n5)cc4)cc3o2)cc(C(C)(C)C)c1. The van der Waals surface area contributed by atoms with Crippen molar-refractivity contribution in [2.24, 2.45) is 0 Å². The number of ether oxygens (including phenoxy) is 1. The Hall–Kier alpha value is -7.91. The molecule has 9 heteroatoms. The summed E-state index contributed by atoms with van der Waals surface area (Å²) in [6.07, 6.45) is 0.698. The molecule has 0 amide bonds. The molecule has 9 nitrogen and oxygen atoms in total. The Morgan fingerprint density at radius 2 is 0.970 bits per heavy atom. The van der Waals surface area contributed by atoms with Crippen molar-refractivity contribution in [2.75, 3.05) is 0 Å². The second-order valence-electron chi connectivity index (χ2n) is 18.8. The molecule has 1 N–H and O–H groups in total. The van der Waals surface area contributed by atoms with Gasteiger partial charge in [0.15, 0.2) is 28.6 Å². The first-order chi connectivity index (χ1) is 31.8.